The average molecular weight is 269 g/mol. The summed E-state index contributed by atoms with van der Waals surface area (Å²) in [5.41, 5.74) is 2.91. The van der Waals surface area contributed by atoms with Gasteiger partial charge in [0.1, 0.15) is 0 Å². The molecule has 1 unspecified atom stereocenters. The van der Waals surface area contributed by atoms with E-state index in [1.54, 1.807) is 7.11 Å². The van der Waals surface area contributed by atoms with Crippen LogP contribution in [-0.2, 0) is 4.74 Å². The summed E-state index contributed by atoms with van der Waals surface area (Å²) in [5, 5.41) is 2.89. The van der Waals surface area contributed by atoms with E-state index in [1.807, 2.05) is 49.4 Å². The van der Waals surface area contributed by atoms with Crippen molar-refractivity contribution in [3.63, 3.8) is 0 Å². The predicted octanol–water partition coefficient (Wildman–Crippen LogP) is 3.12. The van der Waals surface area contributed by atoms with Gasteiger partial charge in [0.25, 0.3) is 5.91 Å². The highest BCUT2D eigenvalue weighted by atomic mass is 16.5. The molecule has 0 aliphatic carbocycles. The minimum atomic E-state index is -0.0749. The summed E-state index contributed by atoms with van der Waals surface area (Å²) < 4.78 is 5.00. The number of hydrogen-bond donors (Lipinski definition) is 1. The van der Waals surface area contributed by atoms with Crippen LogP contribution < -0.4 is 5.32 Å². The van der Waals surface area contributed by atoms with Gasteiger partial charge in [-0.3, -0.25) is 4.79 Å². The second kappa shape index (κ2) is 6.87. The lowest BCUT2D eigenvalue weighted by molar-refractivity contribution is 0.0905. The Morgan fingerprint density at radius 2 is 1.65 bits per heavy atom. The molecule has 0 heterocycles. The largest absolute Gasteiger partial charge is 0.383 e. The molecule has 1 N–H and O–H groups in total. The van der Waals surface area contributed by atoms with E-state index in [9.17, 15) is 4.79 Å². The minimum Gasteiger partial charge on any atom is -0.383 e. The fraction of sp³-hybridized carbons (Fsp3) is 0.235. The van der Waals surface area contributed by atoms with Crippen LogP contribution in [0, 0.1) is 0 Å². The predicted molar refractivity (Wildman–Crippen MR) is 80.7 cm³/mol. The zero-order chi connectivity index (χ0) is 14.4. The molecule has 0 aliphatic heterocycles. The van der Waals surface area contributed by atoms with E-state index in [0.717, 1.165) is 11.1 Å². The van der Waals surface area contributed by atoms with Crippen LogP contribution in [0.1, 0.15) is 17.3 Å². The van der Waals surface area contributed by atoms with Gasteiger partial charge in [0.2, 0.25) is 0 Å². The van der Waals surface area contributed by atoms with E-state index < -0.39 is 0 Å². The Labute approximate surface area is 119 Å². The SMILES string of the molecule is COCC(C)NC(=O)c1ccc(-c2ccccc2)cc1. The van der Waals surface area contributed by atoms with E-state index >= 15 is 0 Å². The third-order valence-corrected chi connectivity index (χ3v) is 3.05. The second-order valence-electron chi connectivity index (χ2n) is 4.77. The molecule has 0 saturated carbocycles. The molecule has 0 aliphatic rings. The van der Waals surface area contributed by atoms with Crippen LogP contribution in [0.5, 0.6) is 0 Å². The van der Waals surface area contributed by atoms with Gasteiger partial charge in [-0.1, -0.05) is 42.5 Å². The van der Waals surface area contributed by atoms with Crippen molar-refractivity contribution in [2.75, 3.05) is 13.7 Å². The van der Waals surface area contributed by atoms with Gasteiger partial charge >= 0.3 is 0 Å². The van der Waals surface area contributed by atoms with Crippen molar-refractivity contribution in [1.29, 1.82) is 0 Å². The van der Waals surface area contributed by atoms with Crippen LogP contribution >= 0.6 is 0 Å². The Bertz CT molecular complexity index is 549. The molecule has 0 aromatic heterocycles. The molecule has 0 saturated heterocycles. The molecule has 2 aromatic carbocycles. The lowest BCUT2D eigenvalue weighted by atomic mass is 10.0. The van der Waals surface area contributed by atoms with Gasteiger partial charge in [0.15, 0.2) is 0 Å². The van der Waals surface area contributed by atoms with Gasteiger partial charge in [-0.25, -0.2) is 0 Å². The normalized spacial score (nSPS) is 11.9. The zero-order valence-corrected chi connectivity index (χ0v) is 11.8. The Hall–Kier alpha value is -2.13. The number of rotatable bonds is 5. The molecule has 0 spiro atoms. The number of carbonyl (C=O) groups is 1. The van der Waals surface area contributed by atoms with Gasteiger partial charge in [0.05, 0.1) is 6.61 Å². The Morgan fingerprint density at radius 1 is 1.05 bits per heavy atom. The smallest absolute Gasteiger partial charge is 0.251 e. The van der Waals surface area contributed by atoms with E-state index in [-0.39, 0.29) is 11.9 Å². The maximum atomic E-state index is 12.0. The van der Waals surface area contributed by atoms with Crippen LogP contribution in [0.4, 0.5) is 0 Å². The van der Waals surface area contributed by atoms with Crippen LogP contribution in [0.2, 0.25) is 0 Å². The maximum Gasteiger partial charge on any atom is 0.251 e. The number of amides is 1. The number of nitrogens with one attached hydrogen (secondary N) is 1. The zero-order valence-electron chi connectivity index (χ0n) is 11.8. The quantitative estimate of drug-likeness (QED) is 0.905. The molecule has 3 heteroatoms. The van der Waals surface area contributed by atoms with E-state index in [4.69, 9.17) is 4.74 Å². The molecule has 104 valence electrons. The first-order chi connectivity index (χ1) is 9.70. The van der Waals surface area contributed by atoms with E-state index in [2.05, 4.69) is 17.4 Å². The third-order valence-electron chi connectivity index (χ3n) is 3.05. The molecule has 2 aromatic rings. The fourth-order valence-electron chi connectivity index (χ4n) is 2.04. The summed E-state index contributed by atoms with van der Waals surface area (Å²) in [4.78, 5) is 12.0. The average Bonchev–Trinajstić information content (AvgIpc) is 2.48. The first kappa shape index (κ1) is 14.3. The first-order valence-corrected chi connectivity index (χ1v) is 6.66. The summed E-state index contributed by atoms with van der Waals surface area (Å²) in [7, 11) is 1.62. The molecule has 20 heavy (non-hydrogen) atoms. The van der Waals surface area contributed by atoms with Crippen molar-refractivity contribution in [3.05, 3.63) is 60.2 Å². The van der Waals surface area contributed by atoms with Crippen molar-refractivity contribution in [2.24, 2.45) is 0 Å². The Morgan fingerprint density at radius 3 is 2.25 bits per heavy atom. The molecule has 0 bridgehead atoms. The number of ether oxygens (including phenoxy) is 1. The first-order valence-electron chi connectivity index (χ1n) is 6.66. The van der Waals surface area contributed by atoms with E-state index in [1.165, 1.54) is 0 Å². The van der Waals surface area contributed by atoms with Gasteiger partial charge < -0.3 is 10.1 Å². The van der Waals surface area contributed by atoms with Crippen molar-refractivity contribution in [3.8, 4) is 11.1 Å². The Balaban J connectivity index is 2.07. The lowest BCUT2D eigenvalue weighted by Gasteiger charge is -2.12. The summed E-state index contributed by atoms with van der Waals surface area (Å²) in [6, 6.07) is 17.7. The monoisotopic (exact) mass is 269 g/mol. The van der Waals surface area contributed by atoms with Crippen LogP contribution in [0.15, 0.2) is 54.6 Å². The standard InChI is InChI=1S/C17H19NO2/c1-13(12-20-2)18-17(19)16-10-8-15(9-11-16)14-6-4-3-5-7-14/h3-11,13H,12H2,1-2H3,(H,18,19). The number of hydrogen-bond acceptors (Lipinski definition) is 2. The number of benzene rings is 2. The highest BCUT2D eigenvalue weighted by Crippen LogP contribution is 2.19. The number of methoxy groups -OCH3 is 1. The lowest BCUT2D eigenvalue weighted by Crippen LogP contribution is -2.35. The fourth-order valence-corrected chi connectivity index (χ4v) is 2.04. The van der Waals surface area contributed by atoms with Gasteiger partial charge in [-0.05, 0) is 30.2 Å². The summed E-state index contributed by atoms with van der Waals surface area (Å²) in [6.45, 7) is 2.42. The van der Waals surface area contributed by atoms with Crippen LogP contribution in [0.25, 0.3) is 11.1 Å². The highest BCUT2D eigenvalue weighted by molar-refractivity contribution is 5.94. The van der Waals surface area contributed by atoms with Crippen molar-refractivity contribution < 1.29 is 9.53 Å². The van der Waals surface area contributed by atoms with Gasteiger partial charge in [-0.2, -0.15) is 0 Å². The molecule has 3 nitrogen and oxygen atoms in total. The third kappa shape index (κ3) is 3.68. The van der Waals surface area contributed by atoms with Crippen LogP contribution in [0.3, 0.4) is 0 Å². The Kier molecular flexibility index (Phi) is 4.91. The van der Waals surface area contributed by atoms with Gasteiger partial charge in [0, 0.05) is 18.7 Å². The summed E-state index contributed by atoms with van der Waals surface area (Å²) >= 11 is 0. The topological polar surface area (TPSA) is 38.3 Å². The van der Waals surface area contributed by atoms with Crippen molar-refractivity contribution >= 4 is 5.91 Å². The van der Waals surface area contributed by atoms with Crippen LogP contribution in [-0.4, -0.2) is 25.7 Å². The minimum absolute atomic E-state index is 0.00120. The van der Waals surface area contributed by atoms with E-state index in [0.29, 0.717) is 12.2 Å². The molecule has 1 amide bonds. The maximum absolute atomic E-state index is 12.0. The van der Waals surface area contributed by atoms with Crippen molar-refractivity contribution in [1.82, 2.24) is 5.32 Å². The molecular weight excluding hydrogens is 250 g/mol. The molecular formula is C17H19NO2. The molecule has 0 fully saturated rings. The highest BCUT2D eigenvalue weighted by Gasteiger charge is 2.09. The van der Waals surface area contributed by atoms with Crippen molar-refractivity contribution in [2.45, 2.75) is 13.0 Å². The molecule has 2 rings (SSSR count). The summed E-state index contributed by atoms with van der Waals surface area (Å²) in [5.74, 6) is -0.0749. The number of carbonyl (C=O) groups excluding carboxylic acids is 1. The molecule has 1 atom stereocenters. The van der Waals surface area contributed by atoms with Gasteiger partial charge in [-0.15, -0.1) is 0 Å². The molecule has 0 radical (unpaired) electrons. The summed E-state index contributed by atoms with van der Waals surface area (Å²) in [6.07, 6.45) is 0. The second-order valence-corrected chi connectivity index (χ2v) is 4.77.